The zero-order valence-electron chi connectivity index (χ0n) is 14.0. The summed E-state index contributed by atoms with van der Waals surface area (Å²) < 4.78 is 1.86. The van der Waals surface area contributed by atoms with Gasteiger partial charge in [-0.05, 0) is 51.5 Å². The Morgan fingerprint density at radius 2 is 2.13 bits per heavy atom. The summed E-state index contributed by atoms with van der Waals surface area (Å²) in [7, 11) is 0. The molecule has 0 spiro atoms. The normalized spacial score (nSPS) is 28.0. The van der Waals surface area contributed by atoms with Gasteiger partial charge in [0.1, 0.15) is 6.04 Å². The van der Waals surface area contributed by atoms with E-state index in [0.29, 0.717) is 18.9 Å². The second-order valence-corrected chi connectivity index (χ2v) is 7.11. The smallest absolute Gasteiger partial charge is 0.326 e. The molecule has 1 aromatic heterocycles. The summed E-state index contributed by atoms with van der Waals surface area (Å²) in [4.78, 5) is 26.0. The number of aryl methyl sites for hydroxylation is 2. The standard InChI is InChI=1S/C17H25N3O3/c1-10-7-11(2)20(18-10)12(3)8-15(21)19-9-13-5-4-6-14(13)16(19)17(22)23/h7,12-14,16H,4-6,8-9H2,1-3H3,(H,22,23). The van der Waals surface area contributed by atoms with E-state index in [1.165, 1.54) is 0 Å². The van der Waals surface area contributed by atoms with Gasteiger partial charge in [-0.2, -0.15) is 5.10 Å². The van der Waals surface area contributed by atoms with Gasteiger partial charge in [-0.25, -0.2) is 4.79 Å². The van der Waals surface area contributed by atoms with Crippen molar-refractivity contribution in [1.29, 1.82) is 0 Å². The summed E-state index contributed by atoms with van der Waals surface area (Å²) in [5.41, 5.74) is 1.96. The van der Waals surface area contributed by atoms with Crippen LogP contribution in [0, 0.1) is 25.7 Å². The number of hydrogen-bond donors (Lipinski definition) is 1. The van der Waals surface area contributed by atoms with Gasteiger partial charge in [0.25, 0.3) is 0 Å². The summed E-state index contributed by atoms with van der Waals surface area (Å²) in [5, 5.41) is 14.0. The van der Waals surface area contributed by atoms with Crippen molar-refractivity contribution in [2.45, 2.75) is 58.5 Å². The lowest BCUT2D eigenvalue weighted by Gasteiger charge is -2.26. The number of carbonyl (C=O) groups excluding carboxylic acids is 1. The summed E-state index contributed by atoms with van der Waals surface area (Å²) >= 11 is 0. The molecule has 23 heavy (non-hydrogen) atoms. The lowest BCUT2D eigenvalue weighted by Crippen LogP contribution is -2.43. The molecule has 1 N–H and O–H groups in total. The van der Waals surface area contributed by atoms with Crippen LogP contribution in [0.4, 0.5) is 0 Å². The molecule has 1 amide bonds. The number of nitrogens with zero attached hydrogens (tertiary/aromatic N) is 3. The largest absolute Gasteiger partial charge is 0.480 e. The number of carboxylic acids is 1. The van der Waals surface area contributed by atoms with E-state index in [1.54, 1.807) is 4.90 Å². The predicted molar refractivity (Wildman–Crippen MR) is 85.0 cm³/mol. The number of rotatable bonds is 4. The van der Waals surface area contributed by atoms with Crippen LogP contribution in [0.5, 0.6) is 0 Å². The molecular formula is C17H25N3O3. The van der Waals surface area contributed by atoms with E-state index < -0.39 is 12.0 Å². The van der Waals surface area contributed by atoms with E-state index in [1.807, 2.05) is 31.5 Å². The Labute approximate surface area is 136 Å². The SMILES string of the molecule is Cc1cc(C)n(C(C)CC(=O)N2CC3CCCC3C2C(=O)O)n1. The molecule has 4 unspecified atom stereocenters. The Morgan fingerprint density at radius 3 is 2.74 bits per heavy atom. The third-order valence-electron chi connectivity index (χ3n) is 5.40. The highest BCUT2D eigenvalue weighted by Gasteiger charge is 2.49. The van der Waals surface area contributed by atoms with E-state index in [4.69, 9.17) is 0 Å². The predicted octanol–water partition coefficient (Wildman–Crippen LogP) is 2.16. The van der Waals surface area contributed by atoms with Crippen molar-refractivity contribution in [1.82, 2.24) is 14.7 Å². The third kappa shape index (κ3) is 2.86. The number of fused-ring (bicyclic) bond motifs is 1. The molecule has 4 atom stereocenters. The van der Waals surface area contributed by atoms with E-state index in [0.717, 1.165) is 30.7 Å². The van der Waals surface area contributed by atoms with Crippen LogP contribution in [0.25, 0.3) is 0 Å². The monoisotopic (exact) mass is 319 g/mol. The van der Waals surface area contributed by atoms with Crippen molar-refractivity contribution in [3.63, 3.8) is 0 Å². The summed E-state index contributed by atoms with van der Waals surface area (Å²) in [6.07, 6.45) is 3.36. The summed E-state index contributed by atoms with van der Waals surface area (Å²) in [5.74, 6) is -0.414. The average molecular weight is 319 g/mol. The second-order valence-electron chi connectivity index (χ2n) is 7.11. The van der Waals surface area contributed by atoms with E-state index in [2.05, 4.69) is 5.10 Å². The highest BCUT2D eigenvalue weighted by atomic mass is 16.4. The number of aromatic nitrogens is 2. The Kier molecular flexibility index (Phi) is 4.17. The minimum Gasteiger partial charge on any atom is -0.480 e. The molecule has 1 aliphatic heterocycles. The number of aliphatic carboxylic acids is 1. The summed E-state index contributed by atoms with van der Waals surface area (Å²) in [6, 6.07) is 1.29. The van der Waals surface area contributed by atoms with Crippen molar-refractivity contribution in [3.05, 3.63) is 17.5 Å². The van der Waals surface area contributed by atoms with Crippen molar-refractivity contribution >= 4 is 11.9 Å². The van der Waals surface area contributed by atoms with Crippen LogP contribution < -0.4 is 0 Å². The minimum absolute atomic E-state index is 0.0631. The Morgan fingerprint density at radius 1 is 1.39 bits per heavy atom. The fourth-order valence-electron chi connectivity index (χ4n) is 4.43. The van der Waals surface area contributed by atoms with Crippen LogP contribution in [-0.4, -0.2) is 44.3 Å². The van der Waals surface area contributed by atoms with Gasteiger partial charge in [0.15, 0.2) is 0 Å². The molecule has 0 bridgehead atoms. The topological polar surface area (TPSA) is 75.4 Å². The highest BCUT2D eigenvalue weighted by molar-refractivity contribution is 5.85. The first-order valence-corrected chi connectivity index (χ1v) is 8.43. The maximum absolute atomic E-state index is 12.7. The molecule has 6 nitrogen and oxygen atoms in total. The quantitative estimate of drug-likeness (QED) is 0.923. The van der Waals surface area contributed by atoms with Crippen molar-refractivity contribution in [3.8, 4) is 0 Å². The number of likely N-dealkylation sites (tertiary alicyclic amines) is 1. The maximum Gasteiger partial charge on any atom is 0.326 e. The van der Waals surface area contributed by atoms with Crippen molar-refractivity contribution in [2.24, 2.45) is 11.8 Å². The van der Waals surface area contributed by atoms with E-state index in [9.17, 15) is 14.7 Å². The fourth-order valence-corrected chi connectivity index (χ4v) is 4.43. The number of carboxylic acid groups (broad SMARTS) is 1. The van der Waals surface area contributed by atoms with E-state index >= 15 is 0 Å². The molecule has 6 heteroatoms. The van der Waals surface area contributed by atoms with Gasteiger partial charge in [-0.15, -0.1) is 0 Å². The lowest BCUT2D eigenvalue weighted by atomic mass is 9.94. The van der Waals surface area contributed by atoms with E-state index in [-0.39, 0.29) is 17.9 Å². The molecule has 1 aromatic rings. The molecule has 1 saturated heterocycles. The minimum atomic E-state index is -0.855. The molecule has 2 heterocycles. The Hall–Kier alpha value is -1.85. The molecule has 3 rings (SSSR count). The Balaban J connectivity index is 1.72. The fraction of sp³-hybridized carbons (Fsp3) is 0.706. The van der Waals surface area contributed by atoms with Crippen LogP contribution in [0.1, 0.15) is 50.0 Å². The van der Waals surface area contributed by atoms with Crippen LogP contribution in [0.2, 0.25) is 0 Å². The molecule has 1 aliphatic carbocycles. The van der Waals surface area contributed by atoms with Gasteiger partial charge in [0.05, 0.1) is 11.7 Å². The van der Waals surface area contributed by atoms with Gasteiger partial charge in [-0.3, -0.25) is 9.48 Å². The van der Waals surface area contributed by atoms with Gasteiger partial charge < -0.3 is 10.0 Å². The number of carbonyl (C=O) groups is 2. The summed E-state index contributed by atoms with van der Waals surface area (Å²) in [6.45, 7) is 6.47. The first-order chi connectivity index (χ1) is 10.9. The second kappa shape index (κ2) is 5.98. The van der Waals surface area contributed by atoms with Gasteiger partial charge in [0, 0.05) is 18.7 Å². The first kappa shape index (κ1) is 16.0. The average Bonchev–Trinajstić information content (AvgIpc) is 3.11. The lowest BCUT2D eigenvalue weighted by molar-refractivity contribution is -0.150. The third-order valence-corrected chi connectivity index (χ3v) is 5.40. The van der Waals surface area contributed by atoms with Gasteiger partial charge in [0.2, 0.25) is 5.91 Å². The zero-order valence-corrected chi connectivity index (χ0v) is 14.0. The zero-order chi connectivity index (χ0) is 16.7. The molecule has 0 aromatic carbocycles. The number of amides is 1. The van der Waals surface area contributed by atoms with Gasteiger partial charge in [-0.1, -0.05) is 6.42 Å². The molecule has 2 fully saturated rings. The maximum atomic E-state index is 12.7. The van der Waals surface area contributed by atoms with Crippen LogP contribution in [-0.2, 0) is 9.59 Å². The van der Waals surface area contributed by atoms with Crippen molar-refractivity contribution in [2.75, 3.05) is 6.54 Å². The van der Waals surface area contributed by atoms with Gasteiger partial charge >= 0.3 is 5.97 Å². The molecule has 2 aliphatic rings. The molecule has 1 saturated carbocycles. The van der Waals surface area contributed by atoms with Crippen LogP contribution >= 0.6 is 0 Å². The Bertz CT molecular complexity index is 625. The van der Waals surface area contributed by atoms with Crippen LogP contribution in [0.3, 0.4) is 0 Å². The first-order valence-electron chi connectivity index (χ1n) is 8.43. The highest BCUT2D eigenvalue weighted by Crippen LogP contribution is 2.42. The number of hydrogen-bond acceptors (Lipinski definition) is 3. The molecule has 126 valence electrons. The van der Waals surface area contributed by atoms with Crippen LogP contribution in [0.15, 0.2) is 6.07 Å². The van der Waals surface area contributed by atoms with Crippen molar-refractivity contribution < 1.29 is 14.7 Å². The molecule has 0 radical (unpaired) electrons. The molecular weight excluding hydrogens is 294 g/mol.